The predicted molar refractivity (Wildman–Crippen MR) is 85.4 cm³/mol. The number of methoxy groups -OCH3 is 1. The Morgan fingerprint density at radius 3 is 2.79 bits per heavy atom. The zero-order valence-electron chi connectivity index (χ0n) is 13.4. The minimum absolute atomic E-state index is 0.289. The van der Waals surface area contributed by atoms with E-state index in [0.717, 1.165) is 23.5 Å². The van der Waals surface area contributed by atoms with E-state index >= 15 is 0 Å². The first-order chi connectivity index (χ1) is 11.5. The molecular weight excluding hydrogens is 311 g/mol. The van der Waals surface area contributed by atoms with Crippen molar-refractivity contribution in [2.45, 2.75) is 31.8 Å². The van der Waals surface area contributed by atoms with Crippen LogP contribution in [0.25, 0.3) is 11.4 Å². The van der Waals surface area contributed by atoms with Crippen LogP contribution in [0.2, 0.25) is 0 Å². The Hall–Kier alpha value is -2.34. The zero-order valence-corrected chi connectivity index (χ0v) is 13.4. The summed E-state index contributed by atoms with van der Waals surface area (Å²) in [7, 11) is 1.37. The van der Waals surface area contributed by atoms with Gasteiger partial charge in [-0.2, -0.15) is 0 Å². The SMILES string of the molecule is COC(=O)C1(Cc2cccc(-c3ncc(F)cn3)c2)CCC(O)C1. The van der Waals surface area contributed by atoms with Crippen LogP contribution in [0.3, 0.4) is 0 Å². The van der Waals surface area contributed by atoms with Gasteiger partial charge in [0, 0.05) is 5.56 Å². The normalized spacial score (nSPS) is 23.2. The van der Waals surface area contributed by atoms with Gasteiger partial charge in [-0.1, -0.05) is 18.2 Å². The molecule has 1 aromatic heterocycles. The van der Waals surface area contributed by atoms with E-state index in [1.807, 2.05) is 24.3 Å². The van der Waals surface area contributed by atoms with E-state index in [2.05, 4.69) is 9.97 Å². The maximum Gasteiger partial charge on any atom is 0.312 e. The van der Waals surface area contributed by atoms with E-state index in [4.69, 9.17) is 4.74 Å². The first-order valence-electron chi connectivity index (χ1n) is 7.86. The van der Waals surface area contributed by atoms with E-state index in [1.165, 1.54) is 7.11 Å². The summed E-state index contributed by atoms with van der Waals surface area (Å²) in [6.07, 6.45) is 3.83. The summed E-state index contributed by atoms with van der Waals surface area (Å²) in [6, 6.07) is 7.50. The molecule has 2 unspecified atom stereocenters. The van der Waals surface area contributed by atoms with Crippen LogP contribution in [0, 0.1) is 11.2 Å². The third-order valence-electron chi connectivity index (χ3n) is 4.55. The number of carbonyl (C=O) groups excluding carboxylic acids is 1. The maximum atomic E-state index is 13.0. The Bertz CT molecular complexity index is 735. The number of halogens is 1. The fraction of sp³-hybridized carbons (Fsp3) is 0.389. The predicted octanol–water partition coefficient (Wildman–Crippen LogP) is 2.53. The molecule has 3 rings (SSSR count). The lowest BCUT2D eigenvalue weighted by Gasteiger charge is -2.26. The molecule has 1 N–H and O–H groups in total. The summed E-state index contributed by atoms with van der Waals surface area (Å²) in [6.45, 7) is 0. The Morgan fingerprint density at radius 2 is 2.17 bits per heavy atom. The lowest BCUT2D eigenvalue weighted by atomic mass is 9.79. The number of hydrogen-bond donors (Lipinski definition) is 1. The molecule has 0 spiro atoms. The number of ether oxygens (including phenoxy) is 1. The molecule has 1 aliphatic carbocycles. The monoisotopic (exact) mass is 330 g/mol. The van der Waals surface area contributed by atoms with Gasteiger partial charge in [-0.05, 0) is 37.3 Å². The van der Waals surface area contributed by atoms with Crippen LogP contribution >= 0.6 is 0 Å². The van der Waals surface area contributed by atoms with Crippen LogP contribution in [0.1, 0.15) is 24.8 Å². The summed E-state index contributed by atoms with van der Waals surface area (Å²) < 4.78 is 17.9. The minimum atomic E-state index is -0.698. The number of aliphatic hydroxyl groups is 1. The van der Waals surface area contributed by atoms with Crippen LogP contribution in [-0.4, -0.2) is 34.3 Å². The van der Waals surface area contributed by atoms with Gasteiger partial charge in [-0.15, -0.1) is 0 Å². The van der Waals surface area contributed by atoms with E-state index in [9.17, 15) is 14.3 Å². The van der Waals surface area contributed by atoms with Crippen molar-refractivity contribution >= 4 is 5.97 Å². The zero-order chi connectivity index (χ0) is 17.2. The molecule has 0 radical (unpaired) electrons. The largest absolute Gasteiger partial charge is 0.469 e. The van der Waals surface area contributed by atoms with Gasteiger partial charge in [0.25, 0.3) is 0 Å². The van der Waals surface area contributed by atoms with Crippen molar-refractivity contribution in [3.8, 4) is 11.4 Å². The van der Waals surface area contributed by atoms with Gasteiger partial charge in [0.05, 0.1) is 31.0 Å². The van der Waals surface area contributed by atoms with Gasteiger partial charge < -0.3 is 9.84 Å². The molecule has 0 aliphatic heterocycles. The minimum Gasteiger partial charge on any atom is -0.469 e. The molecule has 1 aromatic carbocycles. The Balaban J connectivity index is 1.88. The number of rotatable bonds is 4. The number of hydrogen-bond acceptors (Lipinski definition) is 5. The molecular formula is C18H19FN2O3. The molecule has 5 nitrogen and oxygen atoms in total. The van der Waals surface area contributed by atoms with E-state index in [-0.39, 0.29) is 5.97 Å². The van der Waals surface area contributed by atoms with Crippen LogP contribution in [0.15, 0.2) is 36.7 Å². The van der Waals surface area contributed by atoms with Gasteiger partial charge in [0.2, 0.25) is 0 Å². The van der Waals surface area contributed by atoms with Gasteiger partial charge in [0.1, 0.15) is 0 Å². The molecule has 24 heavy (non-hydrogen) atoms. The first-order valence-corrected chi connectivity index (χ1v) is 7.86. The fourth-order valence-electron chi connectivity index (χ4n) is 3.41. The molecule has 126 valence electrons. The summed E-state index contributed by atoms with van der Waals surface area (Å²) >= 11 is 0. The highest BCUT2D eigenvalue weighted by Crippen LogP contribution is 2.42. The standard InChI is InChI=1S/C18H19FN2O3/c1-24-17(23)18(6-5-15(22)9-18)8-12-3-2-4-13(7-12)16-20-10-14(19)11-21-16/h2-4,7,10-11,15,22H,5-6,8-9H2,1H3. The van der Waals surface area contributed by atoms with Crippen molar-refractivity contribution in [2.75, 3.05) is 7.11 Å². The number of aliphatic hydroxyl groups excluding tert-OH is 1. The van der Waals surface area contributed by atoms with Gasteiger partial charge in [0.15, 0.2) is 11.6 Å². The molecule has 6 heteroatoms. The second kappa shape index (κ2) is 6.65. The molecule has 2 atom stereocenters. The average Bonchev–Trinajstić information content (AvgIpc) is 2.97. The first kappa shape index (κ1) is 16.5. The van der Waals surface area contributed by atoms with E-state index in [0.29, 0.717) is 31.5 Å². The van der Waals surface area contributed by atoms with Crippen LogP contribution in [-0.2, 0) is 16.0 Å². The van der Waals surface area contributed by atoms with Crippen molar-refractivity contribution in [1.29, 1.82) is 0 Å². The highest BCUT2D eigenvalue weighted by atomic mass is 19.1. The van der Waals surface area contributed by atoms with Gasteiger partial charge in [-0.25, -0.2) is 14.4 Å². The molecule has 0 amide bonds. The number of esters is 1. The third-order valence-corrected chi connectivity index (χ3v) is 4.55. The lowest BCUT2D eigenvalue weighted by molar-refractivity contribution is -0.152. The van der Waals surface area contributed by atoms with Crippen molar-refractivity contribution in [1.82, 2.24) is 9.97 Å². The van der Waals surface area contributed by atoms with Crippen molar-refractivity contribution < 1.29 is 19.0 Å². The Morgan fingerprint density at radius 1 is 1.42 bits per heavy atom. The average molecular weight is 330 g/mol. The van der Waals surface area contributed by atoms with Crippen LogP contribution < -0.4 is 0 Å². The molecule has 1 heterocycles. The lowest BCUT2D eigenvalue weighted by Crippen LogP contribution is -2.32. The van der Waals surface area contributed by atoms with Crippen molar-refractivity contribution in [2.24, 2.45) is 5.41 Å². The quantitative estimate of drug-likeness (QED) is 0.872. The molecule has 2 aromatic rings. The number of benzene rings is 1. The topological polar surface area (TPSA) is 72.3 Å². The number of nitrogens with zero attached hydrogens (tertiary/aromatic N) is 2. The Kier molecular flexibility index (Phi) is 4.57. The van der Waals surface area contributed by atoms with E-state index in [1.54, 1.807) is 0 Å². The smallest absolute Gasteiger partial charge is 0.312 e. The van der Waals surface area contributed by atoms with Gasteiger partial charge in [-0.3, -0.25) is 4.79 Å². The number of carbonyl (C=O) groups is 1. The van der Waals surface area contributed by atoms with Crippen molar-refractivity contribution in [3.63, 3.8) is 0 Å². The molecule has 1 saturated carbocycles. The number of aromatic nitrogens is 2. The molecule has 0 saturated heterocycles. The van der Waals surface area contributed by atoms with E-state index < -0.39 is 17.3 Å². The summed E-state index contributed by atoms with van der Waals surface area (Å²) in [5, 5.41) is 9.88. The maximum absolute atomic E-state index is 13.0. The van der Waals surface area contributed by atoms with Gasteiger partial charge >= 0.3 is 5.97 Å². The highest BCUT2D eigenvalue weighted by molar-refractivity contribution is 5.77. The van der Waals surface area contributed by atoms with Crippen LogP contribution in [0.4, 0.5) is 4.39 Å². The molecule has 1 fully saturated rings. The summed E-state index contributed by atoms with van der Waals surface area (Å²) in [5.41, 5.74) is 0.988. The highest BCUT2D eigenvalue weighted by Gasteiger charge is 2.45. The third kappa shape index (κ3) is 3.28. The second-order valence-corrected chi connectivity index (χ2v) is 6.27. The Labute approximate surface area is 139 Å². The fourth-order valence-corrected chi connectivity index (χ4v) is 3.41. The summed E-state index contributed by atoms with van der Waals surface area (Å²) in [4.78, 5) is 20.2. The second-order valence-electron chi connectivity index (χ2n) is 6.27. The summed E-state index contributed by atoms with van der Waals surface area (Å²) in [5.74, 6) is -0.348. The molecule has 1 aliphatic rings. The molecule has 0 bridgehead atoms. The van der Waals surface area contributed by atoms with Crippen LogP contribution in [0.5, 0.6) is 0 Å². The van der Waals surface area contributed by atoms with Crippen molar-refractivity contribution in [3.05, 3.63) is 48.0 Å².